The molecule has 2 heterocycles. The van der Waals surface area contributed by atoms with E-state index in [9.17, 15) is 0 Å². The summed E-state index contributed by atoms with van der Waals surface area (Å²) in [5.74, 6) is 0. The van der Waals surface area contributed by atoms with E-state index in [2.05, 4.69) is 40.1 Å². The molecule has 1 aromatic heterocycles. The van der Waals surface area contributed by atoms with Crippen LogP contribution in [0, 0.1) is 0 Å². The summed E-state index contributed by atoms with van der Waals surface area (Å²) in [5, 5.41) is 3.34. The van der Waals surface area contributed by atoms with Crippen molar-refractivity contribution in [3.05, 3.63) is 30.1 Å². The summed E-state index contributed by atoms with van der Waals surface area (Å²) in [5.41, 5.74) is 1.31. The molecule has 1 fully saturated rings. The molecule has 2 atom stereocenters. The topological polar surface area (TPSA) is 31.4 Å². The molecule has 106 valence electrons. The first-order valence-electron chi connectivity index (χ1n) is 7.18. The Bertz CT molecular complexity index is 368. The van der Waals surface area contributed by atoms with Crippen molar-refractivity contribution in [3.8, 4) is 0 Å². The second-order valence-corrected chi connectivity index (χ2v) is 5.65. The molecule has 0 amide bonds. The van der Waals surface area contributed by atoms with E-state index in [0.29, 0.717) is 12.1 Å². The van der Waals surface area contributed by atoms with Crippen LogP contribution in [0.4, 0.5) is 0 Å². The number of nitrogens with one attached hydrogen (secondary N) is 1. The van der Waals surface area contributed by atoms with E-state index in [1.807, 2.05) is 25.5 Å². The molecular weight excluding hydrogens is 236 g/mol. The van der Waals surface area contributed by atoms with Gasteiger partial charge in [0.15, 0.2) is 0 Å². The van der Waals surface area contributed by atoms with Crippen molar-refractivity contribution in [2.75, 3.05) is 33.7 Å². The highest BCUT2D eigenvalue weighted by Crippen LogP contribution is 2.18. The van der Waals surface area contributed by atoms with E-state index in [1.54, 1.807) is 0 Å². The Morgan fingerprint density at radius 1 is 1.47 bits per heavy atom. The monoisotopic (exact) mass is 262 g/mol. The second kappa shape index (κ2) is 6.98. The summed E-state index contributed by atoms with van der Waals surface area (Å²) in [6, 6.07) is 5.37. The molecule has 0 spiro atoms. The van der Waals surface area contributed by atoms with Crippen molar-refractivity contribution >= 4 is 0 Å². The van der Waals surface area contributed by atoms with Crippen LogP contribution >= 0.6 is 0 Å². The molecular formula is C15H26N4. The van der Waals surface area contributed by atoms with E-state index < -0.39 is 0 Å². The lowest BCUT2D eigenvalue weighted by molar-refractivity contribution is 0.134. The van der Waals surface area contributed by atoms with Crippen LogP contribution in [0.15, 0.2) is 24.5 Å². The molecule has 0 saturated carbocycles. The van der Waals surface area contributed by atoms with Crippen LogP contribution in [0.25, 0.3) is 0 Å². The summed E-state index contributed by atoms with van der Waals surface area (Å²) >= 11 is 0. The van der Waals surface area contributed by atoms with Crippen LogP contribution in [0.2, 0.25) is 0 Å². The number of aromatic nitrogens is 1. The van der Waals surface area contributed by atoms with Gasteiger partial charge in [0.05, 0.1) is 0 Å². The molecule has 1 N–H and O–H groups in total. The first-order valence-corrected chi connectivity index (χ1v) is 7.18. The molecule has 1 aliphatic heterocycles. The quantitative estimate of drug-likeness (QED) is 0.883. The van der Waals surface area contributed by atoms with Crippen molar-refractivity contribution in [1.29, 1.82) is 0 Å². The van der Waals surface area contributed by atoms with Gasteiger partial charge in [0.25, 0.3) is 0 Å². The molecule has 2 rings (SSSR count). The second-order valence-electron chi connectivity index (χ2n) is 5.65. The van der Waals surface area contributed by atoms with Gasteiger partial charge in [-0.05, 0) is 45.6 Å². The Labute approximate surface area is 116 Å². The fraction of sp³-hybridized carbons (Fsp3) is 0.667. The maximum absolute atomic E-state index is 4.23. The molecule has 2 unspecified atom stereocenters. The molecule has 1 aromatic rings. The first kappa shape index (κ1) is 14.4. The summed E-state index contributed by atoms with van der Waals surface area (Å²) in [6.45, 7) is 6.69. The first-order chi connectivity index (χ1) is 9.20. The smallest absolute Gasteiger partial charge is 0.0354 e. The van der Waals surface area contributed by atoms with E-state index in [-0.39, 0.29) is 0 Å². The van der Waals surface area contributed by atoms with E-state index >= 15 is 0 Å². The molecule has 0 radical (unpaired) electrons. The van der Waals surface area contributed by atoms with Gasteiger partial charge < -0.3 is 10.2 Å². The number of pyridine rings is 1. The Kier molecular flexibility index (Phi) is 5.31. The summed E-state index contributed by atoms with van der Waals surface area (Å²) in [6.07, 6.45) is 5.06. The average molecular weight is 262 g/mol. The van der Waals surface area contributed by atoms with Crippen molar-refractivity contribution in [3.63, 3.8) is 0 Å². The Morgan fingerprint density at radius 3 is 3.00 bits per heavy atom. The van der Waals surface area contributed by atoms with Gasteiger partial charge in [0.2, 0.25) is 0 Å². The standard InChI is InChI=1S/C15H26N4/c1-13-6-8-18(3)12-15(10-16-2)19(13)11-14-5-4-7-17-9-14/h4-5,7,9,13,15-16H,6,8,10-12H2,1-3H3. The maximum Gasteiger partial charge on any atom is 0.0354 e. The summed E-state index contributed by atoms with van der Waals surface area (Å²) < 4.78 is 0. The zero-order chi connectivity index (χ0) is 13.7. The Morgan fingerprint density at radius 2 is 2.32 bits per heavy atom. The van der Waals surface area contributed by atoms with Crippen LogP contribution in [0.3, 0.4) is 0 Å². The fourth-order valence-corrected chi connectivity index (χ4v) is 2.89. The van der Waals surface area contributed by atoms with E-state index in [4.69, 9.17) is 0 Å². The van der Waals surface area contributed by atoms with Gasteiger partial charge in [-0.2, -0.15) is 0 Å². The minimum absolute atomic E-state index is 0.563. The number of rotatable bonds is 4. The predicted octanol–water partition coefficient (Wildman–Crippen LogP) is 1.20. The number of hydrogen-bond donors (Lipinski definition) is 1. The van der Waals surface area contributed by atoms with Gasteiger partial charge in [-0.15, -0.1) is 0 Å². The van der Waals surface area contributed by atoms with Crippen LogP contribution in [-0.2, 0) is 6.54 Å². The third-order valence-corrected chi connectivity index (χ3v) is 4.01. The van der Waals surface area contributed by atoms with Gasteiger partial charge in [-0.3, -0.25) is 9.88 Å². The maximum atomic E-state index is 4.23. The summed E-state index contributed by atoms with van der Waals surface area (Å²) in [4.78, 5) is 9.30. The number of likely N-dealkylation sites (N-methyl/N-ethyl adjacent to an activating group) is 2. The van der Waals surface area contributed by atoms with Crippen molar-refractivity contribution < 1.29 is 0 Å². The van der Waals surface area contributed by atoms with Gasteiger partial charge in [-0.1, -0.05) is 6.07 Å². The van der Waals surface area contributed by atoms with Crippen molar-refractivity contribution in [2.45, 2.75) is 32.0 Å². The highest BCUT2D eigenvalue weighted by Gasteiger charge is 2.27. The SMILES string of the molecule is CNCC1CN(C)CCC(C)N1Cc1cccnc1. The lowest BCUT2D eigenvalue weighted by Crippen LogP contribution is -2.48. The normalized spacial score (nSPS) is 26.3. The van der Waals surface area contributed by atoms with Crippen LogP contribution in [-0.4, -0.2) is 60.6 Å². The lowest BCUT2D eigenvalue weighted by Gasteiger charge is -2.34. The van der Waals surface area contributed by atoms with Crippen molar-refractivity contribution in [2.24, 2.45) is 0 Å². The van der Waals surface area contributed by atoms with Gasteiger partial charge in [0, 0.05) is 44.1 Å². The molecule has 0 bridgehead atoms. The molecule has 19 heavy (non-hydrogen) atoms. The largest absolute Gasteiger partial charge is 0.318 e. The molecule has 0 aliphatic carbocycles. The minimum atomic E-state index is 0.563. The Hall–Kier alpha value is -0.970. The fourth-order valence-electron chi connectivity index (χ4n) is 2.89. The van der Waals surface area contributed by atoms with Gasteiger partial charge >= 0.3 is 0 Å². The predicted molar refractivity (Wildman–Crippen MR) is 79.1 cm³/mol. The Balaban J connectivity index is 2.11. The van der Waals surface area contributed by atoms with Crippen LogP contribution in [0.1, 0.15) is 18.9 Å². The zero-order valence-electron chi connectivity index (χ0n) is 12.3. The highest BCUT2D eigenvalue weighted by molar-refractivity contribution is 5.09. The lowest BCUT2D eigenvalue weighted by atomic mass is 10.1. The zero-order valence-corrected chi connectivity index (χ0v) is 12.3. The average Bonchev–Trinajstić information content (AvgIpc) is 2.54. The third-order valence-electron chi connectivity index (χ3n) is 4.01. The van der Waals surface area contributed by atoms with E-state index in [1.165, 1.54) is 18.5 Å². The molecule has 1 saturated heterocycles. The third kappa shape index (κ3) is 4.00. The van der Waals surface area contributed by atoms with Gasteiger partial charge in [0.1, 0.15) is 0 Å². The van der Waals surface area contributed by atoms with Gasteiger partial charge in [-0.25, -0.2) is 0 Å². The minimum Gasteiger partial charge on any atom is -0.318 e. The highest BCUT2D eigenvalue weighted by atomic mass is 15.3. The van der Waals surface area contributed by atoms with Crippen molar-refractivity contribution in [1.82, 2.24) is 20.1 Å². The summed E-state index contributed by atoms with van der Waals surface area (Å²) in [7, 11) is 4.26. The van der Waals surface area contributed by atoms with Crippen LogP contribution in [0.5, 0.6) is 0 Å². The number of hydrogen-bond acceptors (Lipinski definition) is 4. The molecule has 1 aliphatic rings. The molecule has 4 heteroatoms. The van der Waals surface area contributed by atoms with E-state index in [0.717, 1.165) is 19.6 Å². The number of nitrogens with zero attached hydrogens (tertiary/aromatic N) is 3. The molecule has 4 nitrogen and oxygen atoms in total. The molecule has 0 aromatic carbocycles. The van der Waals surface area contributed by atoms with Crippen LogP contribution < -0.4 is 5.32 Å².